The van der Waals surface area contributed by atoms with Gasteiger partial charge in [0, 0.05) is 19.1 Å². The first kappa shape index (κ1) is 14.0. The van der Waals surface area contributed by atoms with Crippen molar-refractivity contribution in [2.24, 2.45) is 5.73 Å². The lowest BCUT2D eigenvalue weighted by atomic mass is 10.0. The van der Waals surface area contributed by atoms with Gasteiger partial charge in [0.2, 0.25) is 5.91 Å². The standard InChI is InChI=1S/C15H23N3O/c1-11-4-6-12(7-5-11)14(16)15(19)18-9-8-13(10-18)17(2)3/h4-7,13-14H,8-10,16H2,1-3H3. The van der Waals surface area contributed by atoms with Crippen LogP contribution in [-0.4, -0.2) is 48.9 Å². The summed E-state index contributed by atoms with van der Waals surface area (Å²) in [5.41, 5.74) is 8.16. The van der Waals surface area contributed by atoms with Gasteiger partial charge in [-0.3, -0.25) is 4.79 Å². The summed E-state index contributed by atoms with van der Waals surface area (Å²) in [6.45, 7) is 3.62. The van der Waals surface area contributed by atoms with Crippen LogP contribution in [0.15, 0.2) is 24.3 Å². The molecule has 4 nitrogen and oxygen atoms in total. The molecular formula is C15H23N3O. The van der Waals surface area contributed by atoms with Gasteiger partial charge >= 0.3 is 0 Å². The zero-order valence-electron chi connectivity index (χ0n) is 12.0. The molecular weight excluding hydrogens is 238 g/mol. The Balaban J connectivity index is 2.02. The van der Waals surface area contributed by atoms with Crippen molar-refractivity contribution < 1.29 is 4.79 Å². The number of amides is 1. The first-order valence-corrected chi connectivity index (χ1v) is 6.76. The molecule has 1 heterocycles. The SMILES string of the molecule is Cc1ccc(C(N)C(=O)N2CCC(N(C)C)C2)cc1. The predicted molar refractivity (Wildman–Crippen MR) is 76.8 cm³/mol. The molecule has 1 saturated heterocycles. The largest absolute Gasteiger partial charge is 0.339 e. The fourth-order valence-corrected chi connectivity index (χ4v) is 2.48. The maximum Gasteiger partial charge on any atom is 0.244 e. The summed E-state index contributed by atoms with van der Waals surface area (Å²) in [6, 6.07) is 7.79. The minimum Gasteiger partial charge on any atom is -0.339 e. The second-order valence-corrected chi connectivity index (χ2v) is 5.58. The molecule has 2 unspecified atom stereocenters. The molecule has 0 saturated carbocycles. The summed E-state index contributed by atoms with van der Waals surface area (Å²) < 4.78 is 0. The van der Waals surface area contributed by atoms with Gasteiger partial charge in [-0.1, -0.05) is 29.8 Å². The molecule has 104 valence electrons. The third-order valence-electron chi connectivity index (χ3n) is 3.91. The van der Waals surface area contributed by atoms with E-state index in [0.29, 0.717) is 6.04 Å². The molecule has 0 bridgehead atoms. The Morgan fingerprint density at radius 3 is 2.53 bits per heavy atom. The second-order valence-electron chi connectivity index (χ2n) is 5.58. The highest BCUT2D eigenvalue weighted by Crippen LogP contribution is 2.19. The molecule has 2 N–H and O–H groups in total. The zero-order valence-corrected chi connectivity index (χ0v) is 12.0. The third-order valence-corrected chi connectivity index (χ3v) is 3.91. The van der Waals surface area contributed by atoms with Crippen LogP contribution >= 0.6 is 0 Å². The van der Waals surface area contributed by atoms with Gasteiger partial charge in [0.25, 0.3) is 0 Å². The number of hydrogen-bond acceptors (Lipinski definition) is 3. The van der Waals surface area contributed by atoms with Gasteiger partial charge in [0.05, 0.1) is 0 Å². The molecule has 19 heavy (non-hydrogen) atoms. The van der Waals surface area contributed by atoms with Gasteiger partial charge in [0.15, 0.2) is 0 Å². The van der Waals surface area contributed by atoms with E-state index in [2.05, 4.69) is 19.0 Å². The van der Waals surface area contributed by atoms with E-state index in [1.165, 1.54) is 5.56 Å². The number of nitrogens with zero attached hydrogens (tertiary/aromatic N) is 2. The van der Waals surface area contributed by atoms with Crippen molar-refractivity contribution in [3.05, 3.63) is 35.4 Å². The Morgan fingerprint density at radius 2 is 2.00 bits per heavy atom. The Labute approximate surface area is 115 Å². The van der Waals surface area contributed by atoms with Gasteiger partial charge in [-0.15, -0.1) is 0 Å². The van der Waals surface area contributed by atoms with Crippen molar-refractivity contribution in [1.82, 2.24) is 9.80 Å². The number of rotatable bonds is 3. The Hall–Kier alpha value is -1.39. The maximum absolute atomic E-state index is 12.4. The minimum absolute atomic E-state index is 0.0354. The normalized spacial score (nSPS) is 20.9. The van der Waals surface area contributed by atoms with Crippen LogP contribution in [0.4, 0.5) is 0 Å². The molecule has 1 aliphatic heterocycles. The van der Waals surface area contributed by atoms with Gasteiger partial charge in [-0.25, -0.2) is 0 Å². The van der Waals surface area contributed by atoms with Crippen LogP contribution < -0.4 is 5.73 Å². The quantitative estimate of drug-likeness (QED) is 0.888. The Bertz CT molecular complexity index is 441. The number of carbonyl (C=O) groups is 1. The average Bonchev–Trinajstić information content (AvgIpc) is 2.87. The highest BCUT2D eigenvalue weighted by molar-refractivity contribution is 5.83. The Morgan fingerprint density at radius 1 is 1.37 bits per heavy atom. The molecule has 2 rings (SSSR count). The van der Waals surface area contributed by atoms with E-state index in [0.717, 1.165) is 25.1 Å². The van der Waals surface area contributed by atoms with Crippen LogP contribution in [0.2, 0.25) is 0 Å². The summed E-state index contributed by atoms with van der Waals surface area (Å²) in [6.07, 6.45) is 1.03. The van der Waals surface area contributed by atoms with E-state index in [1.54, 1.807) is 0 Å². The van der Waals surface area contributed by atoms with Crippen LogP contribution in [0.25, 0.3) is 0 Å². The van der Waals surface area contributed by atoms with E-state index in [4.69, 9.17) is 5.73 Å². The maximum atomic E-state index is 12.4. The van der Waals surface area contributed by atoms with E-state index < -0.39 is 6.04 Å². The summed E-state index contributed by atoms with van der Waals surface area (Å²) in [7, 11) is 4.11. The van der Waals surface area contributed by atoms with Crippen molar-refractivity contribution in [2.45, 2.75) is 25.4 Å². The summed E-state index contributed by atoms with van der Waals surface area (Å²) >= 11 is 0. The molecule has 0 radical (unpaired) electrons. The minimum atomic E-state index is -0.540. The fourth-order valence-electron chi connectivity index (χ4n) is 2.48. The van der Waals surface area contributed by atoms with Crippen LogP contribution in [0, 0.1) is 6.92 Å². The molecule has 1 aromatic rings. The number of likely N-dealkylation sites (N-methyl/N-ethyl adjacent to an activating group) is 1. The van der Waals surface area contributed by atoms with Crippen molar-refractivity contribution in [3.8, 4) is 0 Å². The average molecular weight is 261 g/mol. The molecule has 0 aromatic heterocycles. The number of hydrogen-bond donors (Lipinski definition) is 1. The highest BCUT2D eigenvalue weighted by Gasteiger charge is 2.30. The van der Waals surface area contributed by atoms with Crippen molar-refractivity contribution in [3.63, 3.8) is 0 Å². The molecule has 1 fully saturated rings. The summed E-state index contributed by atoms with van der Waals surface area (Å²) in [5, 5.41) is 0. The van der Waals surface area contributed by atoms with Gasteiger partial charge < -0.3 is 15.5 Å². The molecule has 2 atom stereocenters. The van der Waals surface area contributed by atoms with Crippen LogP contribution in [0.1, 0.15) is 23.6 Å². The van der Waals surface area contributed by atoms with Gasteiger partial charge in [-0.2, -0.15) is 0 Å². The van der Waals surface area contributed by atoms with Crippen molar-refractivity contribution in [2.75, 3.05) is 27.2 Å². The number of nitrogens with two attached hydrogens (primary N) is 1. The number of aryl methyl sites for hydroxylation is 1. The van der Waals surface area contributed by atoms with Gasteiger partial charge in [-0.05, 0) is 33.0 Å². The van der Waals surface area contributed by atoms with E-state index in [9.17, 15) is 4.79 Å². The number of carbonyl (C=O) groups excluding carboxylic acids is 1. The van der Waals surface area contributed by atoms with Crippen LogP contribution in [0.5, 0.6) is 0 Å². The van der Waals surface area contributed by atoms with E-state index in [-0.39, 0.29) is 5.91 Å². The zero-order chi connectivity index (χ0) is 14.0. The third kappa shape index (κ3) is 3.14. The van der Waals surface area contributed by atoms with Crippen LogP contribution in [0.3, 0.4) is 0 Å². The topological polar surface area (TPSA) is 49.6 Å². The van der Waals surface area contributed by atoms with Crippen molar-refractivity contribution >= 4 is 5.91 Å². The molecule has 1 amide bonds. The fraction of sp³-hybridized carbons (Fsp3) is 0.533. The Kier molecular flexibility index (Phi) is 4.22. The first-order valence-electron chi connectivity index (χ1n) is 6.76. The predicted octanol–water partition coefficient (Wildman–Crippen LogP) is 1.16. The molecule has 4 heteroatoms. The van der Waals surface area contributed by atoms with Gasteiger partial charge in [0.1, 0.15) is 6.04 Å². The smallest absolute Gasteiger partial charge is 0.244 e. The second kappa shape index (κ2) is 5.72. The molecule has 1 aromatic carbocycles. The molecule has 0 aliphatic carbocycles. The van der Waals surface area contributed by atoms with Crippen LogP contribution in [-0.2, 0) is 4.79 Å². The highest BCUT2D eigenvalue weighted by atomic mass is 16.2. The van der Waals surface area contributed by atoms with E-state index in [1.807, 2.05) is 36.1 Å². The lowest BCUT2D eigenvalue weighted by Crippen LogP contribution is -2.39. The number of benzene rings is 1. The monoisotopic (exact) mass is 261 g/mol. The van der Waals surface area contributed by atoms with Crippen molar-refractivity contribution in [1.29, 1.82) is 0 Å². The lowest BCUT2D eigenvalue weighted by Gasteiger charge is -2.23. The van der Waals surface area contributed by atoms with E-state index >= 15 is 0 Å². The summed E-state index contributed by atoms with van der Waals surface area (Å²) in [4.78, 5) is 16.4. The molecule has 1 aliphatic rings. The molecule has 0 spiro atoms. The first-order chi connectivity index (χ1) is 8.99. The number of likely N-dealkylation sites (tertiary alicyclic amines) is 1. The lowest BCUT2D eigenvalue weighted by molar-refractivity contribution is -0.131. The summed E-state index contributed by atoms with van der Waals surface area (Å²) in [5.74, 6) is 0.0354.